The van der Waals surface area contributed by atoms with Gasteiger partial charge in [0.1, 0.15) is 11.9 Å². The summed E-state index contributed by atoms with van der Waals surface area (Å²) in [7, 11) is 0. The SMILES string of the molecule is CC(=O)O[C@H]1C[C@@]2(C)C=CC(=O)C=C2[C@@]2(C)CCC3(OCCO3)C(C)(C)[C@H]12.CC1(C)C(=O)CC[C@]2(C)C3=CC(=O)C=C[C@]3(C)C[C@H](O)[C@@H]12.CC1(C)C2=CC[C@]3(C)C(=CCC[C@H]3O)[C@@]2(C)CCC12OCCO2.CC1(C)[C@@H]2[C@@H](O)C[C@]3(C)C(=CCC[C@H]3O)[C@@]2(C)CCC12OCCO2.[C-]#[N+]C1=C[C@]2(C)C3=CC(=O)C=C[C@]3(C)C[C@H](O)[C@H]2C(C)(C)C1=O. The van der Waals surface area contributed by atoms with Crippen LogP contribution in [-0.4, -0.2) is 154 Å². The summed E-state index contributed by atoms with van der Waals surface area (Å²) in [6.45, 7) is 55.1. The molecule has 0 aromatic rings. The second-order valence-electron chi connectivity index (χ2n) is 43.9. The van der Waals surface area contributed by atoms with Crippen LogP contribution in [0.25, 0.3) is 4.85 Å². The molecule has 11 fully saturated rings. The summed E-state index contributed by atoms with van der Waals surface area (Å²) in [5, 5.41) is 54.3. The molecule has 18 rings (SSSR count). The van der Waals surface area contributed by atoms with E-state index in [9.17, 15) is 54.3 Å². The van der Waals surface area contributed by atoms with E-state index >= 15 is 0 Å². The normalized spacial score (nSPS) is 44.3. The van der Waals surface area contributed by atoms with Crippen LogP contribution in [0.15, 0.2) is 118 Å². The van der Waals surface area contributed by atoms with E-state index in [1.807, 2.05) is 52.0 Å². The third kappa shape index (κ3) is 13.0. The number of hydrogen-bond acceptors (Lipinski definition) is 18. The number of aliphatic hydroxyl groups excluding tert-OH is 5. The van der Waals surface area contributed by atoms with Crippen LogP contribution in [0.3, 0.4) is 0 Å². The van der Waals surface area contributed by atoms with Crippen LogP contribution in [0.4, 0.5) is 0 Å². The largest absolute Gasteiger partial charge is 0.462 e. The smallest absolute Gasteiger partial charge is 0.302 e. The van der Waals surface area contributed by atoms with Gasteiger partial charge in [-0.2, -0.15) is 0 Å². The molecular formula is C99H137NO18. The number of ketones is 5. The van der Waals surface area contributed by atoms with Gasteiger partial charge in [-0.1, -0.05) is 209 Å². The average molecular weight is 1630 g/mol. The molecular weight excluding hydrogens is 1490 g/mol. The molecule has 8 saturated carbocycles. The fourth-order valence-electron chi connectivity index (χ4n) is 29.9. The lowest BCUT2D eigenvalue weighted by molar-refractivity contribution is -0.300. The third-order valence-electron chi connectivity index (χ3n) is 35.1. The molecule has 3 saturated heterocycles. The zero-order chi connectivity index (χ0) is 86.4. The van der Waals surface area contributed by atoms with Crippen molar-refractivity contribution in [1.29, 1.82) is 0 Å². The lowest BCUT2D eigenvalue weighted by atomic mass is 9.42. The quantitative estimate of drug-likeness (QED) is 0.0927. The number of carbonyl (C=O) groups excluding carboxylic acids is 6. The van der Waals surface area contributed by atoms with Gasteiger partial charge in [-0.15, -0.1) is 0 Å². The molecule has 19 nitrogen and oxygen atoms in total. The number of esters is 1. The molecule has 0 aromatic carbocycles. The first-order chi connectivity index (χ1) is 54.6. The Morgan fingerprint density at radius 1 is 0.441 bits per heavy atom. The summed E-state index contributed by atoms with van der Waals surface area (Å²) < 4.78 is 42.8. The molecule has 15 aliphatic carbocycles. The Hall–Kier alpha value is -5.73. The van der Waals surface area contributed by atoms with Gasteiger partial charge in [-0.25, -0.2) is 4.85 Å². The minimum atomic E-state index is -0.852. The number of hydrogen-bond donors (Lipinski definition) is 5. The van der Waals surface area contributed by atoms with Gasteiger partial charge in [0.15, 0.2) is 40.5 Å². The van der Waals surface area contributed by atoms with Gasteiger partial charge in [0.25, 0.3) is 0 Å². The first-order valence-corrected chi connectivity index (χ1v) is 44.3. The Labute approximate surface area is 701 Å². The number of rotatable bonds is 1. The first-order valence-electron chi connectivity index (χ1n) is 44.3. The molecule has 3 spiro atoms. The van der Waals surface area contributed by atoms with Crippen molar-refractivity contribution in [3.8, 4) is 0 Å². The van der Waals surface area contributed by atoms with Crippen molar-refractivity contribution in [1.82, 2.24) is 0 Å². The highest BCUT2D eigenvalue weighted by molar-refractivity contribution is 6.05. The zero-order valence-corrected chi connectivity index (χ0v) is 74.5. The van der Waals surface area contributed by atoms with Crippen molar-refractivity contribution in [3.63, 3.8) is 0 Å². The van der Waals surface area contributed by atoms with Gasteiger partial charge in [0, 0.05) is 121 Å². The molecule has 0 amide bonds. The zero-order valence-electron chi connectivity index (χ0n) is 74.5. The number of aliphatic hydroxyl groups is 5. The van der Waals surface area contributed by atoms with Gasteiger partial charge >= 0.3 is 5.97 Å². The van der Waals surface area contributed by atoms with Crippen LogP contribution in [0.5, 0.6) is 0 Å². The van der Waals surface area contributed by atoms with E-state index in [0.717, 1.165) is 93.8 Å². The molecule has 0 unspecified atom stereocenters. The maximum Gasteiger partial charge on any atom is 0.302 e. The fourth-order valence-corrected chi connectivity index (χ4v) is 29.9. The van der Waals surface area contributed by atoms with Crippen molar-refractivity contribution in [2.45, 2.75) is 309 Å². The lowest BCUT2D eigenvalue weighted by Gasteiger charge is -2.66. The molecule has 0 radical (unpaired) electrons. The second kappa shape index (κ2) is 29.2. The molecule has 118 heavy (non-hydrogen) atoms. The average Bonchev–Trinajstić information content (AvgIpc) is 1.05. The van der Waals surface area contributed by atoms with Crippen LogP contribution in [0.1, 0.15) is 255 Å². The first kappa shape index (κ1) is 88.6. The second-order valence-corrected chi connectivity index (χ2v) is 43.9. The van der Waals surface area contributed by atoms with Crippen molar-refractivity contribution >= 4 is 34.9 Å². The van der Waals surface area contributed by atoms with Crippen LogP contribution in [0, 0.1) is 111 Å². The summed E-state index contributed by atoms with van der Waals surface area (Å²) in [6, 6.07) is 0. The van der Waals surface area contributed by atoms with Crippen molar-refractivity contribution < 1.29 is 87.5 Å². The minimum absolute atomic E-state index is 0.000579. The third-order valence-corrected chi connectivity index (χ3v) is 35.1. The van der Waals surface area contributed by atoms with Crippen LogP contribution in [0.2, 0.25) is 0 Å². The topological polar surface area (TPSA) is 273 Å². The number of fused-ring (bicyclic) bond motifs is 15. The number of Topliss-reactive ketones (excluding diaryl/α,β-unsaturated/α-hetero) is 2. The fraction of sp³-hybridized carbons (Fsp3) is 0.727. The molecule has 3 aliphatic heterocycles. The molecule has 0 bridgehead atoms. The highest BCUT2D eigenvalue weighted by atomic mass is 16.8. The summed E-state index contributed by atoms with van der Waals surface area (Å²) >= 11 is 0. The van der Waals surface area contributed by atoms with E-state index in [4.69, 9.17) is 39.7 Å². The van der Waals surface area contributed by atoms with E-state index in [0.29, 0.717) is 71.7 Å². The van der Waals surface area contributed by atoms with Gasteiger partial charge in [0.2, 0.25) is 5.70 Å². The highest BCUT2D eigenvalue weighted by Gasteiger charge is 2.73. The predicted octanol–water partition coefficient (Wildman–Crippen LogP) is 16.3. The Morgan fingerprint density at radius 3 is 1.37 bits per heavy atom. The Balaban J connectivity index is 0.000000121. The van der Waals surface area contributed by atoms with Crippen molar-refractivity contribution in [2.75, 3.05) is 39.6 Å². The molecule has 0 aromatic heterocycles. The van der Waals surface area contributed by atoms with E-state index in [-0.39, 0.29) is 142 Å². The maximum atomic E-state index is 12.6. The molecule has 19 heteroatoms. The summed E-state index contributed by atoms with van der Waals surface area (Å²) in [5.74, 6) is -2.37. The van der Waals surface area contributed by atoms with Gasteiger partial charge in [-0.05, 0) is 142 Å². The monoisotopic (exact) mass is 1630 g/mol. The molecule has 646 valence electrons. The van der Waals surface area contributed by atoms with Crippen molar-refractivity contribution in [3.05, 3.63) is 130 Å². The van der Waals surface area contributed by atoms with E-state index < -0.39 is 57.3 Å². The van der Waals surface area contributed by atoms with Crippen LogP contribution >= 0.6 is 0 Å². The van der Waals surface area contributed by atoms with Crippen LogP contribution in [-0.2, 0) is 61.9 Å². The van der Waals surface area contributed by atoms with Gasteiger partial charge < -0.3 is 63.5 Å². The number of ether oxygens (including phenoxy) is 7. The standard InChI is InChI=1S/C22H30O5.C20H32O4.C20H30O3.C19H21NO3.C18H24O3/c1-14(23)27-16-13-20(4)7-6-15(24)12-17(20)21(5)8-9-22(25-10-11-26-22)19(2,3)18(16)21;1-17(2)16-13(21)12-19(4)14(6-5-7-15(19)22)18(16,3)8-9-20(17)23-10-11-24-20;1-17(2)14-8-9-19(4)15(6-5-7-16(19)21)18(14,3)10-11-20(17)22-12-13-23-20;1-17(2)15-13(22)10-18(3)7-6-11(21)8-14(18)19(15,4)9-12(20-5)16(17)23;1-16(2)14(21)6-8-18(4)13-9-11(19)5-7-17(13,3)10-12(20)15(16)18/h6-7,12,16,18H,8-11,13H2,1-5H3;6,13,15-16,21-22H,5,7-12H2,1-4H3;6,8,16,21H,5,7,9-13H2,1-4H3;6-9,13,15,22H,10H2,1-4H3;5,7,9,12,15,20H,6,8,10H2,1-4H3/t16-,18-,20+,21+;13-,15+,16-,18+,19+;16-,18+,19-;13-,15-,18+,19+;12-,15-,17+,18+/m00100/s1. The summed E-state index contributed by atoms with van der Waals surface area (Å²) in [6.07, 6.45) is 35.7. The highest BCUT2D eigenvalue weighted by Crippen LogP contribution is 2.74. The molecule has 5 N–H and O–H groups in total. The van der Waals surface area contributed by atoms with Crippen LogP contribution < -0.4 is 0 Å². The number of carbonyl (C=O) groups is 6. The number of nitrogens with zero attached hydrogens (tertiary/aromatic N) is 1. The summed E-state index contributed by atoms with van der Waals surface area (Å²) in [4.78, 5) is 76.5. The Morgan fingerprint density at radius 2 is 0.864 bits per heavy atom. The molecule has 3 heterocycles. The number of allylic oxidation sites excluding steroid dienone is 17. The van der Waals surface area contributed by atoms with Gasteiger partial charge in [0.05, 0.1) is 76.7 Å². The van der Waals surface area contributed by atoms with E-state index in [1.54, 1.807) is 50.3 Å². The molecule has 18 aliphatic rings. The lowest BCUT2D eigenvalue weighted by Crippen LogP contribution is -2.66. The minimum Gasteiger partial charge on any atom is -0.462 e. The Kier molecular flexibility index (Phi) is 21.9. The predicted molar refractivity (Wildman–Crippen MR) is 448 cm³/mol. The van der Waals surface area contributed by atoms with E-state index in [1.165, 1.54) is 23.6 Å². The summed E-state index contributed by atoms with van der Waals surface area (Å²) in [5.41, 5.74) is 2.65. The maximum absolute atomic E-state index is 12.6. The van der Waals surface area contributed by atoms with Gasteiger partial charge in [-0.3, -0.25) is 24.0 Å². The Bertz CT molecular complexity index is 4520. The van der Waals surface area contributed by atoms with E-state index in [2.05, 4.69) is 120 Å². The molecule has 20 atom stereocenters. The van der Waals surface area contributed by atoms with Crippen molar-refractivity contribution in [2.24, 2.45) is 105 Å².